The van der Waals surface area contributed by atoms with Crippen molar-refractivity contribution in [2.75, 3.05) is 26.7 Å². The molecule has 2 rings (SSSR count). The van der Waals surface area contributed by atoms with E-state index in [1.54, 1.807) is 0 Å². The van der Waals surface area contributed by atoms with Crippen molar-refractivity contribution < 1.29 is 4.74 Å². The maximum atomic E-state index is 5.78. The predicted octanol–water partition coefficient (Wildman–Crippen LogP) is 3.44. The van der Waals surface area contributed by atoms with Crippen molar-refractivity contribution >= 4 is 23.3 Å². The number of aromatic nitrogens is 2. The van der Waals surface area contributed by atoms with E-state index >= 15 is 0 Å². The second kappa shape index (κ2) is 6.90. The molecule has 1 aromatic heterocycles. The first-order valence-electron chi connectivity index (χ1n) is 7.20. The lowest BCUT2D eigenvalue weighted by atomic mass is 10.3. The zero-order valence-corrected chi connectivity index (χ0v) is 13.3. The molecule has 0 saturated heterocycles. The van der Waals surface area contributed by atoms with Crippen LogP contribution in [-0.2, 0) is 6.54 Å². The lowest BCUT2D eigenvalue weighted by Gasteiger charge is -2.14. The highest BCUT2D eigenvalue weighted by Gasteiger charge is 2.09. The number of H-pyrrole nitrogens is 1. The molecule has 0 unspecified atom stereocenters. The number of para-hydroxylation sites is 1. The number of benzene rings is 1. The third-order valence-electron chi connectivity index (χ3n) is 3.48. The summed E-state index contributed by atoms with van der Waals surface area (Å²) < 4.78 is 8.69. The number of aromatic amines is 1. The minimum absolute atomic E-state index is 0.726. The van der Waals surface area contributed by atoms with Crippen molar-refractivity contribution in [1.29, 1.82) is 0 Å². The van der Waals surface area contributed by atoms with Crippen LogP contribution < -0.4 is 4.74 Å². The van der Waals surface area contributed by atoms with Crippen molar-refractivity contribution in [1.82, 2.24) is 14.5 Å². The summed E-state index contributed by atoms with van der Waals surface area (Å²) in [5.74, 6) is 0.887. The van der Waals surface area contributed by atoms with Crippen molar-refractivity contribution in [2.45, 2.75) is 26.8 Å². The number of fused-ring (bicyclic) bond motifs is 1. The van der Waals surface area contributed by atoms with E-state index in [1.165, 1.54) is 0 Å². The number of hydrogen-bond acceptors (Lipinski definition) is 3. The van der Waals surface area contributed by atoms with E-state index in [-0.39, 0.29) is 0 Å². The van der Waals surface area contributed by atoms with E-state index in [1.807, 2.05) is 12.1 Å². The van der Waals surface area contributed by atoms with Crippen LogP contribution in [0.4, 0.5) is 0 Å². The summed E-state index contributed by atoms with van der Waals surface area (Å²) in [7, 11) is 2.12. The van der Waals surface area contributed by atoms with Crippen LogP contribution in [0.2, 0.25) is 0 Å². The van der Waals surface area contributed by atoms with Crippen LogP contribution in [-0.4, -0.2) is 41.2 Å². The minimum Gasteiger partial charge on any atom is -0.491 e. The third kappa shape index (κ3) is 3.22. The molecule has 1 N–H and O–H groups in total. The highest BCUT2D eigenvalue weighted by Crippen LogP contribution is 2.25. The Morgan fingerprint density at radius 3 is 2.85 bits per heavy atom. The number of likely N-dealkylation sites (N-methyl/N-ethyl adjacent to an activating group) is 1. The van der Waals surface area contributed by atoms with Gasteiger partial charge in [-0.2, -0.15) is 0 Å². The van der Waals surface area contributed by atoms with Gasteiger partial charge >= 0.3 is 0 Å². The lowest BCUT2D eigenvalue weighted by molar-refractivity contribution is 0.320. The molecule has 0 amide bonds. The highest BCUT2D eigenvalue weighted by molar-refractivity contribution is 7.71. The second-order valence-electron chi connectivity index (χ2n) is 4.98. The smallest absolute Gasteiger partial charge is 0.178 e. The predicted molar refractivity (Wildman–Crippen MR) is 86.1 cm³/mol. The summed E-state index contributed by atoms with van der Waals surface area (Å²) in [5.41, 5.74) is 2.12. The molecular formula is C15H23N3OS. The average molecular weight is 293 g/mol. The summed E-state index contributed by atoms with van der Waals surface area (Å²) in [5, 5.41) is 0. The zero-order chi connectivity index (χ0) is 14.5. The van der Waals surface area contributed by atoms with Crippen molar-refractivity contribution in [3.05, 3.63) is 23.0 Å². The maximum absolute atomic E-state index is 5.78. The maximum Gasteiger partial charge on any atom is 0.178 e. The van der Waals surface area contributed by atoms with Crippen molar-refractivity contribution in [3.63, 3.8) is 0 Å². The first-order valence-corrected chi connectivity index (χ1v) is 7.61. The normalized spacial score (nSPS) is 11.4. The highest BCUT2D eigenvalue weighted by atomic mass is 32.1. The van der Waals surface area contributed by atoms with E-state index in [0.717, 1.165) is 54.2 Å². The summed E-state index contributed by atoms with van der Waals surface area (Å²) in [6.45, 7) is 7.90. The summed E-state index contributed by atoms with van der Waals surface area (Å²) >= 11 is 5.45. The van der Waals surface area contributed by atoms with Crippen LogP contribution in [0.1, 0.15) is 20.3 Å². The van der Waals surface area contributed by atoms with Gasteiger partial charge in [0.25, 0.3) is 0 Å². The van der Waals surface area contributed by atoms with Crippen LogP contribution in [0, 0.1) is 4.77 Å². The number of imidazole rings is 1. The van der Waals surface area contributed by atoms with Gasteiger partial charge in [0.2, 0.25) is 0 Å². The van der Waals surface area contributed by atoms with Crippen LogP contribution in [0.3, 0.4) is 0 Å². The standard InChI is InChI=1S/C15H23N3OS/c1-4-11-19-13-8-6-7-12-14(13)16-15(20)18(12)10-9-17(3)5-2/h6-8H,4-5,9-11H2,1-3H3,(H,16,20). The summed E-state index contributed by atoms with van der Waals surface area (Å²) in [6, 6.07) is 6.11. The van der Waals surface area contributed by atoms with Gasteiger partial charge < -0.3 is 19.2 Å². The Morgan fingerprint density at radius 2 is 2.15 bits per heavy atom. The van der Waals surface area contributed by atoms with Crippen molar-refractivity contribution in [2.24, 2.45) is 0 Å². The Kier molecular flexibility index (Phi) is 5.20. The van der Waals surface area contributed by atoms with Gasteiger partial charge in [0.15, 0.2) is 4.77 Å². The molecule has 1 heterocycles. The van der Waals surface area contributed by atoms with Crippen LogP contribution in [0.25, 0.3) is 11.0 Å². The minimum atomic E-state index is 0.726. The van der Waals surface area contributed by atoms with E-state index < -0.39 is 0 Å². The molecule has 0 spiro atoms. The molecule has 0 atom stereocenters. The fraction of sp³-hybridized carbons (Fsp3) is 0.533. The monoisotopic (exact) mass is 293 g/mol. The molecule has 1 aromatic carbocycles. The molecule has 0 aliphatic heterocycles. The van der Waals surface area contributed by atoms with Gasteiger partial charge in [0.05, 0.1) is 12.1 Å². The fourth-order valence-corrected chi connectivity index (χ4v) is 2.43. The quantitative estimate of drug-likeness (QED) is 0.794. The van der Waals surface area contributed by atoms with Gasteiger partial charge in [-0.05, 0) is 44.4 Å². The average Bonchev–Trinajstić information content (AvgIpc) is 2.78. The van der Waals surface area contributed by atoms with Gasteiger partial charge in [0, 0.05) is 13.1 Å². The Bertz CT molecular complexity index is 617. The largest absolute Gasteiger partial charge is 0.491 e. The molecule has 4 nitrogen and oxygen atoms in total. The molecule has 0 aliphatic carbocycles. The van der Waals surface area contributed by atoms with Gasteiger partial charge in [-0.15, -0.1) is 0 Å². The lowest BCUT2D eigenvalue weighted by Crippen LogP contribution is -2.22. The van der Waals surface area contributed by atoms with E-state index in [9.17, 15) is 0 Å². The topological polar surface area (TPSA) is 33.2 Å². The molecule has 2 aromatic rings. The molecule has 20 heavy (non-hydrogen) atoms. The first-order chi connectivity index (χ1) is 9.67. The molecule has 0 bridgehead atoms. The van der Waals surface area contributed by atoms with Gasteiger partial charge in [-0.3, -0.25) is 0 Å². The van der Waals surface area contributed by atoms with Gasteiger partial charge in [-0.1, -0.05) is 19.9 Å². The van der Waals surface area contributed by atoms with E-state index in [4.69, 9.17) is 17.0 Å². The van der Waals surface area contributed by atoms with E-state index in [0.29, 0.717) is 0 Å². The van der Waals surface area contributed by atoms with Crippen molar-refractivity contribution in [3.8, 4) is 5.75 Å². The van der Waals surface area contributed by atoms with Gasteiger partial charge in [-0.25, -0.2) is 0 Å². The fourth-order valence-electron chi connectivity index (χ4n) is 2.14. The number of nitrogens with zero attached hydrogens (tertiary/aromatic N) is 2. The Labute approximate surface area is 125 Å². The van der Waals surface area contributed by atoms with Crippen LogP contribution >= 0.6 is 12.2 Å². The number of hydrogen-bond donors (Lipinski definition) is 1. The SMILES string of the molecule is CCCOc1cccc2c1[nH]c(=S)n2CCN(C)CC. The molecular weight excluding hydrogens is 270 g/mol. The summed E-state index contributed by atoms with van der Waals surface area (Å²) in [4.78, 5) is 5.56. The first kappa shape index (κ1) is 15.1. The molecule has 0 fully saturated rings. The van der Waals surface area contributed by atoms with Gasteiger partial charge in [0.1, 0.15) is 11.3 Å². The molecule has 0 radical (unpaired) electrons. The second-order valence-corrected chi connectivity index (χ2v) is 5.36. The zero-order valence-electron chi connectivity index (χ0n) is 12.5. The number of ether oxygens (including phenoxy) is 1. The van der Waals surface area contributed by atoms with E-state index in [2.05, 4.69) is 41.4 Å². The van der Waals surface area contributed by atoms with Crippen LogP contribution in [0.15, 0.2) is 18.2 Å². The molecule has 0 aliphatic rings. The van der Waals surface area contributed by atoms with Crippen LogP contribution in [0.5, 0.6) is 5.75 Å². The Hall–Kier alpha value is -1.33. The molecule has 5 heteroatoms. The third-order valence-corrected chi connectivity index (χ3v) is 3.80. The number of rotatable bonds is 7. The molecule has 110 valence electrons. The number of nitrogens with one attached hydrogen (secondary N) is 1. The summed E-state index contributed by atoms with van der Waals surface area (Å²) in [6.07, 6.45) is 0.999. The Balaban J connectivity index is 2.31. The Morgan fingerprint density at radius 1 is 1.35 bits per heavy atom. The molecule has 0 saturated carbocycles.